The smallest absolute Gasteiger partial charge is 0.305 e. The van der Waals surface area contributed by atoms with Crippen molar-refractivity contribution in [3.8, 4) is 0 Å². The molecule has 0 bridgehead atoms. The molecular formula is C20H38O6P2S. The van der Waals surface area contributed by atoms with Crippen LogP contribution >= 0.6 is 26.5 Å². The highest BCUT2D eigenvalue weighted by atomic mass is 32.1. The average Bonchev–Trinajstić information content (AvgIpc) is 3.20. The third kappa shape index (κ3) is 8.95. The molecule has 170 valence electrons. The first-order valence-electron chi connectivity index (χ1n) is 10.8. The van der Waals surface area contributed by atoms with Crippen LogP contribution in [0.15, 0.2) is 10.8 Å². The van der Waals surface area contributed by atoms with E-state index in [-0.39, 0.29) is 0 Å². The van der Waals surface area contributed by atoms with Crippen LogP contribution < -0.4 is 10.6 Å². The highest BCUT2D eigenvalue weighted by Crippen LogP contribution is 2.54. The van der Waals surface area contributed by atoms with Gasteiger partial charge in [0.15, 0.2) is 0 Å². The summed E-state index contributed by atoms with van der Waals surface area (Å²) in [5, 5.41) is 4.05. The zero-order valence-electron chi connectivity index (χ0n) is 18.4. The SMILES string of the molecule is CCCCOP(=O)(OCCCC)c1cscc1P(=O)(OCCCC)OCCCC. The fraction of sp³-hybridized carbons (Fsp3) is 0.800. The van der Waals surface area contributed by atoms with Crippen molar-refractivity contribution >= 4 is 37.1 Å². The molecule has 0 aliphatic rings. The molecule has 1 aromatic rings. The predicted octanol–water partition coefficient (Wildman–Crippen LogP) is 6.65. The van der Waals surface area contributed by atoms with Crippen LogP contribution in [0.2, 0.25) is 0 Å². The number of hydrogen-bond donors (Lipinski definition) is 0. The molecule has 0 unspecified atom stereocenters. The lowest BCUT2D eigenvalue weighted by molar-refractivity contribution is 0.205. The predicted molar refractivity (Wildman–Crippen MR) is 122 cm³/mol. The van der Waals surface area contributed by atoms with Gasteiger partial charge in [-0.05, 0) is 25.7 Å². The lowest BCUT2D eigenvalue weighted by Gasteiger charge is -2.23. The lowest BCUT2D eigenvalue weighted by atomic mass is 10.4. The molecule has 6 nitrogen and oxygen atoms in total. The van der Waals surface area contributed by atoms with Gasteiger partial charge < -0.3 is 18.1 Å². The van der Waals surface area contributed by atoms with Crippen LogP contribution in [0.4, 0.5) is 0 Å². The van der Waals surface area contributed by atoms with E-state index < -0.39 is 15.2 Å². The molecule has 0 amide bonds. The summed E-state index contributed by atoms with van der Waals surface area (Å²) in [5.74, 6) is 0. The Morgan fingerprint density at radius 2 is 0.897 bits per heavy atom. The van der Waals surface area contributed by atoms with Gasteiger partial charge in [0, 0.05) is 10.8 Å². The van der Waals surface area contributed by atoms with Gasteiger partial charge in [-0.2, -0.15) is 11.3 Å². The van der Waals surface area contributed by atoms with Gasteiger partial charge >= 0.3 is 15.2 Å². The maximum atomic E-state index is 13.7. The topological polar surface area (TPSA) is 71.1 Å². The van der Waals surface area contributed by atoms with E-state index in [9.17, 15) is 9.13 Å². The molecule has 0 radical (unpaired) electrons. The molecular weight excluding hydrogens is 430 g/mol. The largest absolute Gasteiger partial charge is 0.363 e. The minimum atomic E-state index is -3.62. The van der Waals surface area contributed by atoms with E-state index in [1.165, 1.54) is 11.3 Å². The number of rotatable bonds is 18. The second-order valence-electron chi connectivity index (χ2n) is 6.88. The summed E-state index contributed by atoms with van der Waals surface area (Å²) in [7, 11) is -7.23. The Bertz CT molecular complexity index is 568. The van der Waals surface area contributed by atoms with Crippen molar-refractivity contribution in [2.24, 2.45) is 0 Å². The van der Waals surface area contributed by atoms with E-state index >= 15 is 0 Å². The van der Waals surface area contributed by atoms with Crippen LogP contribution in [0.3, 0.4) is 0 Å². The Morgan fingerprint density at radius 1 is 0.621 bits per heavy atom. The molecule has 9 heteroatoms. The van der Waals surface area contributed by atoms with Gasteiger partial charge in [0.2, 0.25) is 0 Å². The highest BCUT2D eigenvalue weighted by molar-refractivity contribution is 7.69. The van der Waals surface area contributed by atoms with Gasteiger partial charge in [0.05, 0.1) is 37.0 Å². The quantitative estimate of drug-likeness (QED) is 0.177. The molecule has 0 aliphatic heterocycles. The molecule has 0 N–H and O–H groups in total. The van der Waals surface area contributed by atoms with E-state index in [2.05, 4.69) is 0 Å². The van der Waals surface area contributed by atoms with E-state index in [0.717, 1.165) is 51.4 Å². The van der Waals surface area contributed by atoms with Crippen molar-refractivity contribution in [1.29, 1.82) is 0 Å². The van der Waals surface area contributed by atoms with Crippen molar-refractivity contribution in [3.05, 3.63) is 10.8 Å². The zero-order valence-corrected chi connectivity index (χ0v) is 21.0. The molecule has 0 spiro atoms. The molecule has 0 saturated heterocycles. The summed E-state index contributed by atoms with van der Waals surface area (Å²) in [6, 6.07) is 0. The second-order valence-corrected chi connectivity index (χ2v) is 11.6. The Morgan fingerprint density at radius 3 is 1.14 bits per heavy atom. The number of unbranched alkanes of at least 4 members (excludes halogenated alkanes) is 4. The molecule has 1 rings (SSSR count). The summed E-state index contributed by atoms with van der Waals surface area (Å²) in [6.45, 7) is 9.47. The molecule has 1 heterocycles. The first-order chi connectivity index (χ1) is 14.0. The normalized spacial score (nSPS) is 12.6. The molecule has 0 saturated carbocycles. The van der Waals surface area contributed by atoms with Crippen molar-refractivity contribution in [3.63, 3.8) is 0 Å². The maximum Gasteiger partial charge on any atom is 0.363 e. The summed E-state index contributed by atoms with van der Waals surface area (Å²) >= 11 is 1.31. The highest BCUT2D eigenvalue weighted by Gasteiger charge is 2.40. The molecule has 1 aromatic heterocycles. The van der Waals surface area contributed by atoms with Crippen LogP contribution in [-0.2, 0) is 27.2 Å². The van der Waals surface area contributed by atoms with E-state index in [0.29, 0.717) is 37.0 Å². The fourth-order valence-electron chi connectivity index (χ4n) is 2.36. The van der Waals surface area contributed by atoms with Crippen LogP contribution in [-0.4, -0.2) is 26.4 Å². The number of thiophene rings is 1. The van der Waals surface area contributed by atoms with Gasteiger partial charge in [-0.3, -0.25) is 9.13 Å². The molecule has 0 atom stereocenters. The molecule has 0 fully saturated rings. The van der Waals surface area contributed by atoms with Gasteiger partial charge in [-0.15, -0.1) is 0 Å². The van der Waals surface area contributed by atoms with Gasteiger partial charge in [0.1, 0.15) is 0 Å². The van der Waals surface area contributed by atoms with Crippen LogP contribution in [0.5, 0.6) is 0 Å². The van der Waals surface area contributed by atoms with Gasteiger partial charge in [-0.25, -0.2) is 0 Å². The summed E-state index contributed by atoms with van der Waals surface area (Å²) < 4.78 is 50.4. The third-order valence-corrected chi connectivity index (χ3v) is 9.53. The first kappa shape index (κ1) is 27.0. The monoisotopic (exact) mass is 468 g/mol. The Hall–Kier alpha value is -0.0000000000000000416. The summed E-state index contributed by atoms with van der Waals surface area (Å²) in [4.78, 5) is 0. The van der Waals surface area contributed by atoms with E-state index in [1.807, 2.05) is 27.7 Å². The van der Waals surface area contributed by atoms with Crippen LogP contribution in [0.25, 0.3) is 0 Å². The first-order valence-corrected chi connectivity index (χ1v) is 14.9. The standard InChI is InChI=1S/C20H38O6P2S/c1-5-9-13-23-27(21,24-14-10-6-2)19-17-29-18-20(19)28(22,25-15-11-7-3)26-16-12-8-4/h17-18H,5-16H2,1-4H3. The Balaban J connectivity index is 3.19. The minimum Gasteiger partial charge on any atom is -0.305 e. The zero-order chi connectivity index (χ0) is 21.6. The summed E-state index contributed by atoms with van der Waals surface area (Å²) in [6.07, 6.45) is 6.79. The molecule has 0 aliphatic carbocycles. The minimum absolute atomic E-state index is 0.325. The van der Waals surface area contributed by atoms with Crippen LogP contribution in [0, 0.1) is 0 Å². The van der Waals surface area contributed by atoms with E-state index in [1.54, 1.807) is 10.8 Å². The van der Waals surface area contributed by atoms with Crippen molar-refractivity contribution < 1.29 is 27.2 Å². The molecule has 0 aromatic carbocycles. The van der Waals surface area contributed by atoms with Gasteiger partial charge in [0.25, 0.3) is 0 Å². The van der Waals surface area contributed by atoms with Gasteiger partial charge in [-0.1, -0.05) is 53.4 Å². The maximum absolute atomic E-state index is 13.7. The Kier molecular flexibility index (Phi) is 13.9. The Labute approximate surface area is 180 Å². The van der Waals surface area contributed by atoms with Crippen molar-refractivity contribution in [2.45, 2.75) is 79.1 Å². The molecule has 29 heavy (non-hydrogen) atoms. The van der Waals surface area contributed by atoms with Crippen molar-refractivity contribution in [1.82, 2.24) is 0 Å². The average molecular weight is 469 g/mol. The number of hydrogen-bond acceptors (Lipinski definition) is 7. The third-order valence-electron chi connectivity index (χ3n) is 4.25. The second kappa shape index (κ2) is 14.9. The lowest BCUT2D eigenvalue weighted by Crippen LogP contribution is -2.26. The van der Waals surface area contributed by atoms with E-state index in [4.69, 9.17) is 18.1 Å². The van der Waals surface area contributed by atoms with Crippen molar-refractivity contribution in [2.75, 3.05) is 26.4 Å². The summed E-state index contributed by atoms with van der Waals surface area (Å²) in [5.41, 5.74) is 0. The van der Waals surface area contributed by atoms with Crippen LogP contribution in [0.1, 0.15) is 79.1 Å². The fourth-order valence-corrected chi connectivity index (χ4v) is 8.12.